The summed E-state index contributed by atoms with van der Waals surface area (Å²) in [5.41, 5.74) is 0. The third kappa shape index (κ3) is 4.60. The first kappa shape index (κ1) is 18.3. The fourth-order valence-corrected chi connectivity index (χ4v) is 4.42. The van der Waals surface area contributed by atoms with E-state index in [1.54, 1.807) is 23.7 Å². The van der Waals surface area contributed by atoms with Gasteiger partial charge in [0.15, 0.2) is 11.0 Å². The Morgan fingerprint density at radius 2 is 2.33 bits per heavy atom. The number of carbonyl (C=O) groups is 1. The zero-order chi connectivity index (χ0) is 18.5. The maximum absolute atomic E-state index is 12.1. The number of nitrogens with one attached hydrogen (secondary N) is 1. The number of ether oxygens (including phenoxy) is 1. The molecule has 1 saturated heterocycles. The summed E-state index contributed by atoms with van der Waals surface area (Å²) >= 11 is 3.02. The van der Waals surface area contributed by atoms with Gasteiger partial charge in [-0.1, -0.05) is 17.8 Å². The third-order valence-corrected chi connectivity index (χ3v) is 6.07. The second kappa shape index (κ2) is 8.73. The lowest BCUT2D eigenvalue weighted by Gasteiger charge is -2.14. The smallest absolute Gasteiger partial charge is 0.230 e. The van der Waals surface area contributed by atoms with Gasteiger partial charge in [0.25, 0.3) is 0 Å². The summed E-state index contributed by atoms with van der Waals surface area (Å²) < 4.78 is 13.1. The largest absolute Gasteiger partial charge is 0.467 e. The van der Waals surface area contributed by atoms with Crippen molar-refractivity contribution in [2.45, 2.75) is 37.2 Å². The van der Waals surface area contributed by atoms with Crippen LogP contribution in [0.25, 0.3) is 10.7 Å². The second-order valence-electron chi connectivity index (χ2n) is 6.17. The van der Waals surface area contributed by atoms with Crippen LogP contribution >= 0.6 is 23.1 Å². The lowest BCUT2D eigenvalue weighted by atomic mass is 10.2. The van der Waals surface area contributed by atoms with Crippen LogP contribution in [-0.4, -0.2) is 39.1 Å². The Morgan fingerprint density at radius 1 is 1.37 bits per heavy atom. The number of furan rings is 1. The Morgan fingerprint density at radius 3 is 3.07 bits per heavy atom. The Labute approximate surface area is 165 Å². The summed E-state index contributed by atoms with van der Waals surface area (Å²) in [6.07, 6.45) is 3.89. The normalized spacial score (nSPS) is 16.7. The minimum Gasteiger partial charge on any atom is -0.467 e. The van der Waals surface area contributed by atoms with E-state index in [4.69, 9.17) is 9.15 Å². The van der Waals surface area contributed by atoms with E-state index < -0.39 is 0 Å². The molecule has 1 atom stereocenters. The highest BCUT2D eigenvalue weighted by atomic mass is 32.2. The molecule has 7 nitrogen and oxygen atoms in total. The summed E-state index contributed by atoms with van der Waals surface area (Å²) in [6, 6.07) is 7.67. The molecule has 0 saturated carbocycles. The molecule has 0 unspecified atom stereocenters. The van der Waals surface area contributed by atoms with E-state index in [2.05, 4.69) is 20.1 Å². The Kier molecular flexibility index (Phi) is 5.90. The number of thiophene rings is 1. The van der Waals surface area contributed by atoms with Crippen LogP contribution in [0.15, 0.2) is 45.5 Å². The molecule has 4 rings (SSSR count). The lowest BCUT2D eigenvalue weighted by molar-refractivity contribution is -0.118. The van der Waals surface area contributed by atoms with Crippen LogP contribution in [0.2, 0.25) is 0 Å². The average molecular weight is 405 g/mol. The van der Waals surface area contributed by atoms with Gasteiger partial charge in [-0.15, -0.1) is 21.5 Å². The number of hydrogen-bond donors (Lipinski definition) is 1. The fourth-order valence-electron chi connectivity index (χ4n) is 2.92. The monoisotopic (exact) mass is 404 g/mol. The molecule has 1 N–H and O–H groups in total. The molecule has 27 heavy (non-hydrogen) atoms. The highest BCUT2D eigenvalue weighted by molar-refractivity contribution is 7.99. The van der Waals surface area contributed by atoms with E-state index in [1.165, 1.54) is 11.8 Å². The first-order valence-electron chi connectivity index (χ1n) is 8.80. The maximum Gasteiger partial charge on any atom is 0.230 e. The summed E-state index contributed by atoms with van der Waals surface area (Å²) in [7, 11) is 0. The van der Waals surface area contributed by atoms with Gasteiger partial charge in [-0.05, 0) is 36.4 Å². The minimum atomic E-state index is -0.0688. The van der Waals surface area contributed by atoms with Crippen molar-refractivity contribution in [2.24, 2.45) is 0 Å². The van der Waals surface area contributed by atoms with Crippen molar-refractivity contribution in [1.29, 1.82) is 0 Å². The van der Waals surface area contributed by atoms with Gasteiger partial charge >= 0.3 is 0 Å². The fraction of sp³-hybridized carbons (Fsp3) is 0.389. The van der Waals surface area contributed by atoms with Gasteiger partial charge in [-0.25, -0.2) is 0 Å². The van der Waals surface area contributed by atoms with Crippen molar-refractivity contribution >= 4 is 29.0 Å². The lowest BCUT2D eigenvalue weighted by Crippen LogP contribution is -2.24. The molecule has 9 heteroatoms. The number of amides is 1. The molecule has 0 aliphatic carbocycles. The second-order valence-corrected chi connectivity index (χ2v) is 8.06. The molecule has 4 heterocycles. The number of thioether (sulfide) groups is 1. The van der Waals surface area contributed by atoms with Crippen LogP contribution < -0.4 is 5.32 Å². The van der Waals surface area contributed by atoms with Crippen molar-refractivity contribution in [1.82, 2.24) is 20.1 Å². The van der Waals surface area contributed by atoms with Crippen molar-refractivity contribution in [3.05, 3.63) is 41.7 Å². The van der Waals surface area contributed by atoms with Gasteiger partial charge < -0.3 is 14.5 Å². The molecular weight excluding hydrogens is 384 g/mol. The van der Waals surface area contributed by atoms with Crippen molar-refractivity contribution in [2.75, 3.05) is 12.4 Å². The summed E-state index contributed by atoms with van der Waals surface area (Å²) in [5.74, 6) is 1.77. The van der Waals surface area contributed by atoms with Gasteiger partial charge in [0.05, 0.1) is 36.1 Å². The topological polar surface area (TPSA) is 82.2 Å². The first-order valence-corrected chi connectivity index (χ1v) is 10.7. The van der Waals surface area contributed by atoms with Gasteiger partial charge in [-0.2, -0.15) is 0 Å². The molecule has 1 amide bonds. The molecular formula is C18H20N4O3S2. The van der Waals surface area contributed by atoms with E-state index in [-0.39, 0.29) is 17.8 Å². The predicted molar refractivity (Wildman–Crippen MR) is 104 cm³/mol. The van der Waals surface area contributed by atoms with Crippen LogP contribution in [-0.2, 0) is 22.6 Å². The number of rotatable bonds is 8. The van der Waals surface area contributed by atoms with E-state index in [9.17, 15) is 4.79 Å². The molecule has 3 aromatic heterocycles. The third-order valence-electron chi connectivity index (χ3n) is 4.24. The highest BCUT2D eigenvalue weighted by Crippen LogP contribution is 2.29. The quantitative estimate of drug-likeness (QED) is 0.581. The van der Waals surface area contributed by atoms with E-state index in [0.717, 1.165) is 41.1 Å². The Balaban J connectivity index is 1.42. The van der Waals surface area contributed by atoms with Crippen LogP contribution in [0.4, 0.5) is 0 Å². The molecule has 1 aliphatic rings. The summed E-state index contributed by atoms with van der Waals surface area (Å²) in [4.78, 5) is 13.2. The summed E-state index contributed by atoms with van der Waals surface area (Å²) in [5, 5.41) is 14.3. The number of aromatic nitrogens is 3. The molecule has 1 fully saturated rings. The van der Waals surface area contributed by atoms with E-state index in [0.29, 0.717) is 13.1 Å². The van der Waals surface area contributed by atoms with Gasteiger partial charge in [0.1, 0.15) is 5.76 Å². The summed E-state index contributed by atoms with van der Waals surface area (Å²) in [6.45, 7) is 1.89. The molecule has 1 aliphatic heterocycles. The van der Waals surface area contributed by atoms with Crippen LogP contribution in [0.3, 0.4) is 0 Å². The van der Waals surface area contributed by atoms with Crippen molar-refractivity contribution < 1.29 is 13.9 Å². The highest BCUT2D eigenvalue weighted by Gasteiger charge is 2.22. The molecule has 0 bridgehead atoms. The minimum absolute atomic E-state index is 0.0688. The molecule has 3 aromatic rings. The number of hydrogen-bond acceptors (Lipinski definition) is 7. The van der Waals surface area contributed by atoms with Crippen LogP contribution in [0, 0.1) is 0 Å². The van der Waals surface area contributed by atoms with Gasteiger partial charge in [0.2, 0.25) is 5.91 Å². The molecule has 142 valence electrons. The SMILES string of the molecule is O=C(CSc1nnc(-c2cccs2)n1C[C@@H]1CCCO1)NCc1ccco1. The van der Waals surface area contributed by atoms with Crippen LogP contribution in [0.1, 0.15) is 18.6 Å². The Bertz CT molecular complexity index is 855. The predicted octanol–water partition coefficient (Wildman–Crippen LogP) is 3.19. The zero-order valence-electron chi connectivity index (χ0n) is 14.7. The standard InChI is InChI=1S/C18H20N4O3S2/c23-16(19-10-13-4-1-7-24-13)12-27-18-21-20-17(15-6-3-9-26-15)22(18)11-14-5-2-8-25-14/h1,3-4,6-7,9,14H,2,5,8,10-12H2,(H,19,23)/t14-/m0/s1. The van der Waals surface area contributed by atoms with Gasteiger partial charge in [-0.3, -0.25) is 9.36 Å². The van der Waals surface area contributed by atoms with Crippen molar-refractivity contribution in [3.63, 3.8) is 0 Å². The number of nitrogens with zero attached hydrogens (tertiary/aromatic N) is 3. The van der Waals surface area contributed by atoms with E-state index in [1.807, 2.05) is 23.6 Å². The number of carbonyl (C=O) groups excluding carboxylic acids is 1. The molecule has 0 radical (unpaired) electrons. The average Bonchev–Trinajstić information content (AvgIpc) is 3.47. The first-order chi connectivity index (χ1) is 13.3. The Hall–Kier alpha value is -2.10. The molecule has 0 spiro atoms. The van der Waals surface area contributed by atoms with Gasteiger partial charge in [0, 0.05) is 6.61 Å². The van der Waals surface area contributed by atoms with Crippen LogP contribution in [0.5, 0.6) is 0 Å². The molecule has 0 aromatic carbocycles. The van der Waals surface area contributed by atoms with E-state index >= 15 is 0 Å². The maximum atomic E-state index is 12.1. The van der Waals surface area contributed by atoms with Crippen molar-refractivity contribution in [3.8, 4) is 10.7 Å². The zero-order valence-corrected chi connectivity index (χ0v) is 16.3.